The first kappa shape index (κ1) is 20.1. The molecule has 0 aliphatic heterocycles. The summed E-state index contributed by atoms with van der Waals surface area (Å²) in [5.74, 6) is -0.395. The summed E-state index contributed by atoms with van der Waals surface area (Å²) in [5.41, 5.74) is 2.22. The SMILES string of the molecule is CS(=O)(=O)N(CC(=O)NCc1ccccc1-n1ccnc1)c1ccc(Br)cc1. The molecule has 0 saturated carbocycles. The first-order valence-electron chi connectivity index (χ1n) is 8.41. The predicted octanol–water partition coefficient (Wildman–Crippen LogP) is 2.72. The van der Waals surface area contributed by atoms with Crippen LogP contribution in [0.3, 0.4) is 0 Å². The van der Waals surface area contributed by atoms with Crippen LogP contribution in [0, 0.1) is 0 Å². The van der Waals surface area contributed by atoms with Gasteiger partial charge in [-0.25, -0.2) is 13.4 Å². The number of halogens is 1. The van der Waals surface area contributed by atoms with Gasteiger partial charge in [0, 0.05) is 23.4 Å². The van der Waals surface area contributed by atoms with Crippen LogP contribution in [0.4, 0.5) is 5.69 Å². The number of imidazole rings is 1. The van der Waals surface area contributed by atoms with Crippen molar-refractivity contribution in [3.8, 4) is 5.69 Å². The van der Waals surface area contributed by atoms with Gasteiger partial charge in [0.15, 0.2) is 0 Å². The zero-order chi connectivity index (χ0) is 20.1. The van der Waals surface area contributed by atoms with Crippen molar-refractivity contribution < 1.29 is 13.2 Å². The minimum atomic E-state index is -3.61. The Morgan fingerprint density at radius 3 is 2.54 bits per heavy atom. The number of hydrogen-bond donors (Lipinski definition) is 1. The van der Waals surface area contributed by atoms with Crippen LogP contribution >= 0.6 is 15.9 Å². The maximum Gasteiger partial charge on any atom is 0.241 e. The van der Waals surface area contributed by atoms with Gasteiger partial charge in [-0.3, -0.25) is 9.10 Å². The van der Waals surface area contributed by atoms with Crippen LogP contribution < -0.4 is 9.62 Å². The highest BCUT2D eigenvalue weighted by atomic mass is 79.9. The van der Waals surface area contributed by atoms with E-state index in [1.807, 2.05) is 35.0 Å². The topological polar surface area (TPSA) is 84.3 Å². The van der Waals surface area contributed by atoms with Gasteiger partial charge in [0.1, 0.15) is 6.54 Å². The summed E-state index contributed by atoms with van der Waals surface area (Å²) >= 11 is 3.32. The average molecular weight is 463 g/mol. The summed E-state index contributed by atoms with van der Waals surface area (Å²) in [7, 11) is -3.61. The molecule has 0 spiro atoms. The van der Waals surface area contributed by atoms with Gasteiger partial charge in [0.25, 0.3) is 0 Å². The number of sulfonamides is 1. The second-order valence-electron chi connectivity index (χ2n) is 6.12. The molecule has 0 aliphatic rings. The third kappa shape index (κ3) is 4.99. The van der Waals surface area contributed by atoms with Crippen molar-refractivity contribution in [2.24, 2.45) is 0 Å². The number of para-hydroxylation sites is 1. The Labute approximate surface area is 172 Å². The van der Waals surface area contributed by atoms with Crippen molar-refractivity contribution in [3.63, 3.8) is 0 Å². The summed E-state index contributed by atoms with van der Waals surface area (Å²) in [4.78, 5) is 16.5. The molecule has 0 atom stereocenters. The molecule has 3 rings (SSSR count). The number of hydrogen-bond acceptors (Lipinski definition) is 4. The molecule has 0 fully saturated rings. The molecule has 3 aromatic rings. The lowest BCUT2D eigenvalue weighted by molar-refractivity contribution is -0.119. The Morgan fingerprint density at radius 2 is 1.89 bits per heavy atom. The second kappa shape index (κ2) is 8.57. The van der Waals surface area contributed by atoms with Gasteiger partial charge in [-0.1, -0.05) is 34.1 Å². The number of nitrogens with zero attached hydrogens (tertiary/aromatic N) is 3. The number of carbonyl (C=O) groups is 1. The highest BCUT2D eigenvalue weighted by molar-refractivity contribution is 9.10. The van der Waals surface area contributed by atoms with E-state index in [9.17, 15) is 13.2 Å². The number of benzene rings is 2. The molecule has 1 heterocycles. The molecule has 0 aliphatic carbocycles. The highest BCUT2D eigenvalue weighted by Gasteiger charge is 2.20. The Balaban J connectivity index is 1.72. The van der Waals surface area contributed by atoms with E-state index in [1.165, 1.54) is 0 Å². The molecule has 1 aromatic heterocycles. The van der Waals surface area contributed by atoms with Crippen LogP contribution in [0.1, 0.15) is 5.56 Å². The van der Waals surface area contributed by atoms with Crippen molar-refractivity contribution in [3.05, 3.63) is 77.3 Å². The molecule has 1 amide bonds. The van der Waals surface area contributed by atoms with Crippen LogP contribution in [0.5, 0.6) is 0 Å². The average Bonchev–Trinajstić information content (AvgIpc) is 3.19. The Hall–Kier alpha value is -2.65. The van der Waals surface area contributed by atoms with Gasteiger partial charge in [-0.05, 0) is 35.9 Å². The maximum atomic E-state index is 12.5. The third-order valence-corrected chi connectivity index (χ3v) is 5.72. The minimum Gasteiger partial charge on any atom is -0.350 e. The van der Waals surface area contributed by atoms with Crippen LogP contribution in [0.2, 0.25) is 0 Å². The summed E-state index contributed by atoms with van der Waals surface area (Å²) in [6, 6.07) is 14.4. The van der Waals surface area contributed by atoms with E-state index in [1.54, 1.807) is 36.8 Å². The highest BCUT2D eigenvalue weighted by Crippen LogP contribution is 2.20. The Bertz CT molecular complexity index is 1050. The van der Waals surface area contributed by atoms with Gasteiger partial charge in [-0.15, -0.1) is 0 Å². The van der Waals surface area contributed by atoms with E-state index < -0.39 is 15.9 Å². The van der Waals surface area contributed by atoms with Crippen LogP contribution in [-0.4, -0.2) is 36.7 Å². The fourth-order valence-electron chi connectivity index (χ4n) is 2.70. The zero-order valence-electron chi connectivity index (χ0n) is 15.1. The fourth-order valence-corrected chi connectivity index (χ4v) is 3.82. The fraction of sp³-hybridized carbons (Fsp3) is 0.158. The van der Waals surface area contributed by atoms with Crippen LogP contribution in [0.25, 0.3) is 5.69 Å². The molecule has 2 aromatic carbocycles. The van der Waals surface area contributed by atoms with Gasteiger partial charge >= 0.3 is 0 Å². The van der Waals surface area contributed by atoms with Crippen molar-refractivity contribution in [1.82, 2.24) is 14.9 Å². The first-order chi connectivity index (χ1) is 13.3. The van der Waals surface area contributed by atoms with E-state index in [2.05, 4.69) is 26.2 Å². The second-order valence-corrected chi connectivity index (χ2v) is 8.94. The molecule has 1 N–H and O–H groups in total. The molecule has 0 saturated heterocycles. The summed E-state index contributed by atoms with van der Waals surface area (Å²) < 4.78 is 28.1. The van der Waals surface area contributed by atoms with Crippen LogP contribution in [-0.2, 0) is 21.4 Å². The van der Waals surface area contributed by atoms with Crippen molar-refractivity contribution in [2.75, 3.05) is 17.1 Å². The molecule has 0 radical (unpaired) electrons. The lowest BCUT2D eigenvalue weighted by Gasteiger charge is -2.22. The van der Waals surface area contributed by atoms with Crippen molar-refractivity contribution in [1.29, 1.82) is 0 Å². The van der Waals surface area contributed by atoms with Crippen molar-refractivity contribution >= 4 is 37.5 Å². The lowest BCUT2D eigenvalue weighted by atomic mass is 10.1. The quantitative estimate of drug-likeness (QED) is 0.584. The normalized spacial score (nSPS) is 11.2. The number of nitrogens with one attached hydrogen (secondary N) is 1. The zero-order valence-corrected chi connectivity index (χ0v) is 17.5. The molecular weight excluding hydrogens is 444 g/mol. The predicted molar refractivity (Wildman–Crippen MR) is 112 cm³/mol. The Morgan fingerprint density at radius 1 is 1.18 bits per heavy atom. The molecule has 9 heteroatoms. The number of carbonyl (C=O) groups excluding carboxylic acids is 1. The van der Waals surface area contributed by atoms with Crippen molar-refractivity contribution in [2.45, 2.75) is 6.54 Å². The van der Waals surface area contributed by atoms with Gasteiger partial charge in [-0.2, -0.15) is 0 Å². The molecular formula is C19H19BrN4O3S. The summed E-state index contributed by atoms with van der Waals surface area (Å²) in [5, 5.41) is 2.80. The Kier molecular flexibility index (Phi) is 6.15. The lowest BCUT2D eigenvalue weighted by Crippen LogP contribution is -2.40. The largest absolute Gasteiger partial charge is 0.350 e. The number of rotatable bonds is 7. The number of amides is 1. The van der Waals surface area contributed by atoms with Gasteiger partial charge < -0.3 is 9.88 Å². The maximum absolute atomic E-state index is 12.5. The van der Waals surface area contributed by atoms with Gasteiger partial charge in [0.2, 0.25) is 15.9 Å². The summed E-state index contributed by atoms with van der Waals surface area (Å²) in [6.07, 6.45) is 6.26. The standard InChI is InChI=1S/C19H19BrN4O3S/c1-28(26,27)24(17-8-6-16(20)7-9-17)13-19(25)22-12-15-4-2-3-5-18(15)23-11-10-21-14-23/h2-11,14H,12-13H2,1H3,(H,22,25). The van der Waals surface area contributed by atoms with E-state index in [4.69, 9.17) is 0 Å². The molecule has 7 nitrogen and oxygen atoms in total. The number of anilines is 1. The molecule has 146 valence electrons. The van der Waals surface area contributed by atoms with E-state index in [0.717, 1.165) is 26.3 Å². The van der Waals surface area contributed by atoms with E-state index in [-0.39, 0.29) is 13.1 Å². The molecule has 28 heavy (non-hydrogen) atoms. The molecule has 0 bridgehead atoms. The van der Waals surface area contributed by atoms with E-state index in [0.29, 0.717) is 5.69 Å². The smallest absolute Gasteiger partial charge is 0.241 e. The van der Waals surface area contributed by atoms with E-state index >= 15 is 0 Å². The minimum absolute atomic E-state index is 0.269. The third-order valence-electron chi connectivity index (χ3n) is 4.05. The molecule has 0 unspecified atom stereocenters. The van der Waals surface area contributed by atoms with Gasteiger partial charge in [0.05, 0.1) is 24.0 Å². The monoisotopic (exact) mass is 462 g/mol. The number of aromatic nitrogens is 2. The van der Waals surface area contributed by atoms with Crippen LogP contribution in [0.15, 0.2) is 71.7 Å². The summed E-state index contributed by atoms with van der Waals surface area (Å²) in [6.45, 7) is -0.0289. The first-order valence-corrected chi connectivity index (χ1v) is 11.0.